The highest BCUT2D eigenvalue weighted by molar-refractivity contribution is 5.82. The summed E-state index contributed by atoms with van der Waals surface area (Å²) in [6.45, 7) is 3.95. The van der Waals surface area contributed by atoms with E-state index in [1.807, 2.05) is 36.4 Å². The molecule has 1 unspecified atom stereocenters. The summed E-state index contributed by atoms with van der Waals surface area (Å²) in [6.07, 6.45) is 4.51. The minimum atomic E-state index is -0.0980. The van der Waals surface area contributed by atoms with Crippen LogP contribution in [0.2, 0.25) is 0 Å². The van der Waals surface area contributed by atoms with Crippen LogP contribution in [0.5, 0.6) is 17.4 Å². The first-order chi connectivity index (χ1) is 12.8. The maximum Gasteiger partial charge on any atom is 0.237 e. The largest absolute Gasteiger partial charge is 0.490 e. The molecule has 0 aliphatic carbocycles. The summed E-state index contributed by atoms with van der Waals surface area (Å²) in [5.41, 5.74) is 0.823. The number of para-hydroxylation sites is 2. The number of carbonyl (C=O) groups is 1. The first-order valence-corrected chi connectivity index (χ1v) is 9.12. The van der Waals surface area contributed by atoms with Crippen LogP contribution >= 0.6 is 0 Å². The van der Waals surface area contributed by atoms with Crippen LogP contribution < -0.4 is 20.1 Å². The molecule has 2 N–H and O–H groups in total. The molecule has 0 spiro atoms. The Hall–Kier alpha value is -2.60. The fourth-order valence-corrected chi connectivity index (χ4v) is 2.83. The van der Waals surface area contributed by atoms with E-state index < -0.39 is 0 Å². The molecular weight excluding hydrogens is 330 g/mol. The number of hydrogen-bond acceptors (Lipinski definition) is 5. The zero-order chi connectivity index (χ0) is 18.2. The molecule has 3 rings (SSSR count). The molecule has 1 aromatic heterocycles. The third-order valence-corrected chi connectivity index (χ3v) is 4.20. The number of rotatable bonds is 8. The Kier molecular flexibility index (Phi) is 6.44. The summed E-state index contributed by atoms with van der Waals surface area (Å²) in [4.78, 5) is 16.5. The van der Waals surface area contributed by atoms with E-state index in [0.29, 0.717) is 30.5 Å². The van der Waals surface area contributed by atoms with E-state index in [2.05, 4.69) is 22.5 Å². The number of ether oxygens (including phenoxy) is 2. The molecule has 0 bridgehead atoms. The predicted molar refractivity (Wildman–Crippen MR) is 99.4 cm³/mol. The second-order valence-corrected chi connectivity index (χ2v) is 6.23. The molecule has 6 heteroatoms. The summed E-state index contributed by atoms with van der Waals surface area (Å²) in [5, 5.41) is 6.16. The van der Waals surface area contributed by atoms with E-state index >= 15 is 0 Å². The fraction of sp³-hybridized carbons (Fsp3) is 0.400. The van der Waals surface area contributed by atoms with Gasteiger partial charge in [0.2, 0.25) is 11.8 Å². The summed E-state index contributed by atoms with van der Waals surface area (Å²) < 4.78 is 11.7. The van der Waals surface area contributed by atoms with Crippen molar-refractivity contribution in [3.63, 3.8) is 0 Å². The average Bonchev–Trinajstić information content (AvgIpc) is 3.21. The molecule has 26 heavy (non-hydrogen) atoms. The summed E-state index contributed by atoms with van der Waals surface area (Å²) >= 11 is 0. The number of carbonyl (C=O) groups excluding carboxylic acids is 1. The van der Waals surface area contributed by atoms with Gasteiger partial charge in [-0.2, -0.15) is 0 Å². The Morgan fingerprint density at radius 3 is 2.88 bits per heavy atom. The van der Waals surface area contributed by atoms with Crippen molar-refractivity contribution in [2.24, 2.45) is 0 Å². The van der Waals surface area contributed by atoms with Gasteiger partial charge >= 0.3 is 0 Å². The fourth-order valence-electron chi connectivity index (χ4n) is 2.83. The molecular formula is C20H25N3O3. The number of benzene rings is 1. The highest BCUT2D eigenvalue weighted by Gasteiger charge is 2.22. The Bertz CT molecular complexity index is 730. The zero-order valence-electron chi connectivity index (χ0n) is 15.0. The summed E-state index contributed by atoms with van der Waals surface area (Å²) in [6, 6.07) is 11.2. The van der Waals surface area contributed by atoms with Gasteiger partial charge in [0.1, 0.15) is 0 Å². The highest BCUT2D eigenvalue weighted by Crippen LogP contribution is 2.31. The monoisotopic (exact) mass is 355 g/mol. The molecule has 1 fully saturated rings. The molecule has 1 amide bonds. The van der Waals surface area contributed by atoms with Crippen LogP contribution in [0.15, 0.2) is 42.6 Å². The molecule has 138 valence electrons. The lowest BCUT2D eigenvalue weighted by molar-refractivity contribution is -0.122. The molecule has 2 aromatic rings. The van der Waals surface area contributed by atoms with E-state index in [9.17, 15) is 4.79 Å². The highest BCUT2D eigenvalue weighted by atomic mass is 16.5. The predicted octanol–water partition coefficient (Wildman–Crippen LogP) is 3.03. The normalized spacial score (nSPS) is 16.3. The van der Waals surface area contributed by atoms with E-state index in [0.717, 1.165) is 31.4 Å². The first kappa shape index (κ1) is 18.2. The second-order valence-electron chi connectivity index (χ2n) is 6.23. The lowest BCUT2D eigenvalue weighted by atomic mass is 10.2. The van der Waals surface area contributed by atoms with Gasteiger partial charge in [-0.15, -0.1) is 0 Å². The molecule has 0 saturated carbocycles. The quantitative estimate of drug-likeness (QED) is 0.761. The van der Waals surface area contributed by atoms with E-state index in [1.54, 1.807) is 6.20 Å². The van der Waals surface area contributed by atoms with Crippen molar-refractivity contribution in [3.05, 3.63) is 48.2 Å². The van der Waals surface area contributed by atoms with Crippen molar-refractivity contribution in [2.75, 3.05) is 13.2 Å². The van der Waals surface area contributed by atoms with Crippen molar-refractivity contribution in [3.8, 4) is 17.4 Å². The third kappa shape index (κ3) is 4.73. The van der Waals surface area contributed by atoms with E-state index in [-0.39, 0.29) is 11.9 Å². The van der Waals surface area contributed by atoms with Crippen molar-refractivity contribution in [1.82, 2.24) is 15.6 Å². The molecule has 1 aliphatic heterocycles. The number of nitrogens with zero attached hydrogens (tertiary/aromatic N) is 1. The van der Waals surface area contributed by atoms with Gasteiger partial charge in [0, 0.05) is 18.3 Å². The van der Waals surface area contributed by atoms with Crippen LogP contribution in [0.3, 0.4) is 0 Å². The average molecular weight is 355 g/mol. The van der Waals surface area contributed by atoms with Crippen LogP contribution in [-0.4, -0.2) is 30.1 Å². The number of amides is 1. The van der Waals surface area contributed by atoms with Crippen molar-refractivity contribution in [2.45, 2.75) is 38.8 Å². The van der Waals surface area contributed by atoms with Crippen molar-refractivity contribution >= 4 is 5.91 Å². The number of hydrogen-bond donors (Lipinski definition) is 2. The maximum absolute atomic E-state index is 12.2. The Balaban J connectivity index is 1.68. The standard InChI is InChI=1S/C20H25N3O3/c1-2-13-25-17-9-3-4-10-18(17)26-20-15(7-5-12-22-20)14-23-19(24)16-8-6-11-21-16/h3-5,7,9-10,12,16,21H,2,6,8,11,13-14H2,1H3,(H,23,24). The SMILES string of the molecule is CCCOc1ccccc1Oc1ncccc1CNC(=O)C1CCCN1. The van der Waals surface area contributed by atoms with Gasteiger partial charge in [-0.3, -0.25) is 4.79 Å². The molecule has 1 aromatic carbocycles. The van der Waals surface area contributed by atoms with Gasteiger partial charge < -0.3 is 20.1 Å². The van der Waals surface area contributed by atoms with Crippen molar-refractivity contribution < 1.29 is 14.3 Å². The minimum absolute atomic E-state index is 0.0176. The molecule has 1 atom stereocenters. The molecule has 2 heterocycles. The van der Waals surface area contributed by atoms with E-state index in [4.69, 9.17) is 9.47 Å². The zero-order valence-corrected chi connectivity index (χ0v) is 15.0. The van der Waals surface area contributed by atoms with Gasteiger partial charge in [-0.25, -0.2) is 4.98 Å². The number of nitrogens with one attached hydrogen (secondary N) is 2. The smallest absolute Gasteiger partial charge is 0.237 e. The van der Waals surface area contributed by atoms with Crippen LogP contribution in [-0.2, 0) is 11.3 Å². The van der Waals surface area contributed by atoms with Crippen LogP contribution in [0.25, 0.3) is 0 Å². The van der Waals surface area contributed by atoms with Gasteiger partial charge in [0.05, 0.1) is 12.6 Å². The molecule has 1 saturated heterocycles. The molecule has 6 nitrogen and oxygen atoms in total. The topological polar surface area (TPSA) is 72.5 Å². The Labute approximate surface area is 153 Å². The third-order valence-electron chi connectivity index (χ3n) is 4.20. The Morgan fingerprint density at radius 2 is 2.12 bits per heavy atom. The van der Waals surface area contributed by atoms with Crippen LogP contribution in [0.1, 0.15) is 31.7 Å². The Morgan fingerprint density at radius 1 is 1.27 bits per heavy atom. The summed E-state index contributed by atoms with van der Waals surface area (Å²) in [5.74, 6) is 1.79. The van der Waals surface area contributed by atoms with E-state index in [1.165, 1.54) is 0 Å². The second kappa shape index (κ2) is 9.20. The lowest BCUT2D eigenvalue weighted by Crippen LogP contribution is -2.40. The number of aromatic nitrogens is 1. The van der Waals surface area contributed by atoms with Crippen LogP contribution in [0, 0.1) is 0 Å². The number of pyridine rings is 1. The van der Waals surface area contributed by atoms with Crippen molar-refractivity contribution in [1.29, 1.82) is 0 Å². The minimum Gasteiger partial charge on any atom is -0.490 e. The van der Waals surface area contributed by atoms with Gasteiger partial charge in [-0.1, -0.05) is 25.1 Å². The van der Waals surface area contributed by atoms with Crippen LogP contribution in [0.4, 0.5) is 0 Å². The summed E-state index contributed by atoms with van der Waals surface area (Å²) in [7, 11) is 0. The van der Waals surface area contributed by atoms with Gasteiger partial charge in [-0.05, 0) is 44.0 Å². The maximum atomic E-state index is 12.2. The lowest BCUT2D eigenvalue weighted by Gasteiger charge is -2.15. The van der Waals surface area contributed by atoms with Gasteiger partial charge in [0.25, 0.3) is 0 Å². The molecule has 1 aliphatic rings. The molecule has 0 radical (unpaired) electrons. The van der Waals surface area contributed by atoms with Gasteiger partial charge in [0.15, 0.2) is 11.5 Å². The first-order valence-electron chi connectivity index (χ1n) is 9.12.